The number of aliphatic hydroxyl groups is 1. The van der Waals surface area contributed by atoms with Crippen LogP contribution >= 0.6 is 11.3 Å². The van der Waals surface area contributed by atoms with E-state index in [-0.39, 0.29) is 16.5 Å². The molecule has 7 nitrogen and oxygen atoms in total. The summed E-state index contributed by atoms with van der Waals surface area (Å²) in [6, 6.07) is 15.3. The van der Waals surface area contributed by atoms with Gasteiger partial charge in [0.1, 0.15) is 11.6 Å². The van der Waals surface area contributed by atoms with Gasteiger partial charge in [0, 0.05) is 5.56 Å². The highest BCUT2D eigenvalue weighted by molar-refractivity contribution is 7.22. The number of benzene rings is 3. The molecule has 1 amide bonds. The van der Waals surface area contributed by atoms with Crippen LogP contribution in [0.15, 0.2) is 66.2 Å². The van der Waals surface area contributed by atoms with Gasteiger partial charge < -0.3 is 14.6 Å². The van der Waals surface area contributed by atoms with Crippen LogP contribution in [-0.4, -0.2) is 35.5 Å². The minimum Gasteiger partial charge on any atom is -0.507 e. The second-order valence-electron chi connectivity index (χ2n) is 8.90. The summed E-state index contributed by atoms with van der Waals surface area (Å²) in [4.78, 5) is 32.7. The van der Waals surface area contributed by atoms with E-state index in [9.17, 15) is 19.1 Å². The maximum absolute atomic E-state index is 13.9. The van der Waals surface area contributed by atoms with Crippen molar-refractivity contribution in [3.63, 3.8) is 0 Å². The van der Waals surface area contributed by atoms with Gasteiger partial charge in [-0.15, -0.1) is 0 Å². The molecular formula is C29H25FN2O5S. The van der Waals surface area contributed by atoms with Gasteiger partial charge in [-0.25, -0.2) is 9.37 Å². The van der Waals surface area contributed by atoms with Crippen LogP contribution in [0.2, 0.25) is 0 Å². The number of aryl methyl sites for hydroxylation is 1. The fourth-order valence-electron chi connectivity index (χ4n) is 4.39. The van der Waals surface area contributed by atoms with Gasteiger partial charge in [0.2, 0.25) is 0 Å². The number of fused-ring (bicyclic) bond motifs is 1. The number of nitrogens with zero attached hydrogens (tertiary/aromatic N) is 2. The summed E-state index contributed by atoms with van der Waals surface area (Å²) in [5.74, 6) is -1.48. The lowest BCUT2D eigenvalue weighted by Crippen LogP contribution is -2.29. The first-order valence-corrected chi connectivity index (χ1v) is 12.9. The van der Waals surface area contributed by atoms with Gasteiger partial charge >= 0.3 is 5.91 Å². The van der Waals surface area contributed by atoms with Gasteiger partial charge in [0.15, 0.2) is 16.6 Å². The number of carbonyl (C=O) groups is 2. The van der Waals surface area contributed by atoms with Gasteiger partial charge in [-0.3, -0.25) is 14.5 Å². The number of halogens is 1. The molecular weight excluding hydrogens is 507 g/mol. The molecule has 1 aliphatic rings. The molecule has 0 radical (unpaired) electrons. The average Bonchev–Trinajstić information content (AvgIpc) is 3.44. The molecule has 0 saturated carbocycles. The summed E-state index contributed by atoms with van der Waals surface area (Å²) in [5, 5.41) is 11.5. The predicted octanol–water partition coefficient (Wildman–Crippen LogP) is 6.17. The Morgan fingerprint density at radius 1 is 1.08 bits per heavy atom. The maximum atomic E-state index is 13.9. The van der Waals surface area contributed by atoms with Crippen LogP contribution < -0.4 is 14.4 Å². The van der Waals surface area contributed by atoms with Crippen LogP contribution in [-0.2, 0) is 9.59 Å². The molecule has 0 bridgehead atoms. The number of hydrogen-bond acceptors (Lipinski definition) is 7. The molecule has 0 aliphatic carbocycles. The number of ether oxygens (including phenoxy) is 2. The van der Waals surface area contributed by atoms with Crippen molar-refractivity contribution in [3.8, 4) is 11.5 Å². The summed E-state index contributed by atoms with van der Waals surface area (Å²) < 4.78 is 25.7. The third kappa shape index (κ3) is 4.50. The third-order valence-corrected chi connectivity index (χ3v) is 7.30. The Morgan fingerprint density at radius 3 is 2.55 bits per heavy atom. The van der Waals surface area contributed by atoms with Gasteiger partial charge in [-0.2, -0.15) is 0 Å². The number of ketones is 1. The fourth-order valence-corrected chi connectivity index (χ4v) is 5.40. The number of aromatic nitrogens is 1. The number of thiazole rings is 1. The number of hydrogen-bond donors (Lipinski definition) is 1. The average molecular weight is 533 g/mol. The van der Waals surface area contributed by atoms with E-state index in [1.807, 2.05) is 26.0 Å². The molecule has 1 atom stereocenters. The molecule has 4 aromatic rings. The molecule has 1 saturated heterocycles. The van der Waals surface area contributed by atoms with Crippen molar-refractivity contribution in [3.05, 3.63) is 88.7 Å². The standard InChI is InChI=1S/C29H25FN2O5S/c1-4-13-37-21-12-9-18(14-22(21)36-3)25-24(26(33)17-7-5-16(2)6-8-17)27(34)28(35)32(25)29-31-20-11-10-19(30)15-23(20)38-29/h5-12,14-15,25,33H,4,13H2,1-3H3/b26-24+. The summed E-state index contributed by atoms with van der Waals surface area (Å²) in [7, 11) is 1.50. The summed E-state index contributed by atoms with van der Waals surface area (Å²) in [6.07, 6.45) is 0.805. The van der Waals surface area contributed by atoms with Gasteiger partial charge in [-0.05, 0) is 49.2 Å². The Bertz CT molecular complexity index is 1580. The zero-order chi connectivity index (χ0) is 27.0. The molecule has 5 rings (SSSR count). The van der Waals surface area contributed by atoms with Gasteiger partial charge in [0.05, 0.1) is 35.5 Å². The number of amides is 1. The van der Waals surface area contributed by atoms with Crippen molar-refractivity contribution in [2.24, 2.45) is 0 Å². The normalized spacial score (nSPS) is 16.8. The Labute approximate surface area is 222 Å². The quantitative estimate of drug-likeness (QED) is 0.174. The van der Waals surface area contributed by atoms with E-state index < -0.39 is 23.5 Å². The van der Waals surface area contributed by atoms with Gasteiger partial charge in [-0.1, -0.05) is 54.2 Å². The van der Waals surface area contributed by atoms with Crippen LogP contribution in [0.3, 0.4) is 0 Å². The van der Waals surface area contributed by atoms with Crippen molar-refractivity contribution >= 4 is 44.1 Å². The highest BCUT2D eigenvalue weighted by Crippen LogP contribution is 2.46. The fraction of sp³-hybridized carbons (Fsp3) is 0.207. The van der Waals surface area contributed by atoms with Crippen molar-refractivity contribution in [2.75, 3.05) is 18.6 Å². The first-order chi connectivity index (χ1) is 18.3. The first kappa shape index (κ1) is 25.4. The van der Waals surface area contributed by atoms with Crippen molar-refractivity contribution in [1.29, 1.82) is 0 Å². The third-order valence-electron chi connectivity index (χ3n) is 6.28. The van der Waals surface area contributed by atoms with Crippen LogP contribution in [0, 0.1) is 12.7 Å². The number of carbonyl (C=O) groups excluding carboxylic acids is 2. The van der Waals surface area contributed by atoms with E-state index in [4.69, 9.17) is 9.47 Å². The number of rotatable bonds is 7. The highest BCUT2D eigenvalue weighted by Gasteiger charge is 2.48. The van der Waals surface area contributed by atoms with Crippen LogP contribution in [0.5, 0.6) is 11.5 Å². The molecule has 1 N–H and O–H groups in total. The second kappa shape index (κ2) is 10.3. The molecule has 38 heavy (non-hydrogen) atoms. The summed E-state index contributed by atoms with van der Waals surface area (Å²) >= 11 is 1.09. The summed E-state index contributed by atoms with van der Waals surface area (Å²) in [5.41, 5.74) is 2.32. The van der Waals surface area contributed by atoms with E-state index >= 15 is 0 Å². The molecule has 1 aromatic heterocycles. The lowest BCUT2D eigenvalue weighted by atomic mass is 9.95. The molecule has 1 fully saturated rings. The largest absolute Gasteiger partial charge is 0.507 e. The van der Waals surface area contributed by atoms with E-state index in [0.29, 0.717) is 39.4 Å². The van der Waals surface area contributed by atoms with Crippen LogP contribution in [0.4, 0.5) is 9.52 Å². The zero-order valence-electron chi connectivity index (χ0n) is 21.0. The lowest BCUT2D eigenvalue weighted by Gasteiger charge is -2.24. The van der Waals surface area contributed by atoms with Crippen molar-refractivity contribution in [1.82, 2.24) is 4.98 Å². The highest BCUT2D eigenvalue weighted by atomic mass is 32.1. The minimum absolute atomic E-state index is 0.0754. The molecule has 1 aliphatic heterocycles. The van der Waals surface area contributed by atoms with Crippen molar-refractivity contribution in [2.45, 2.75) is 26.3 Å². The molecule has 0 spiro atoms. The van der Waals surface area contributed by atoms with Crippen LogP contribution in [0.25, 0.3) is 16.0 Å². The lowest BCUT2D eigenvalue weighted by molar-refractivity contribution is -0.132. The minimum atomic E-state index is -1.00. The molecule has 9 heteroatoms. The summed E-state index contributed by atoms with van der Waals surface area (Å²) in [6.45, 7) is 4.39. The topological polar surface area (TPSA) is 89.0 Å². The van der Waals surface area contributed by atoms with Gasteiger partial charge in [0.25, 0.3) is 5.78 Å². The maximum Gasteiger partial charge on any atom is 0.301 e. The number of anilines is 1. The van der Waals surface area contributed by atoms with Crippen molar-refractivity contribution < 1.29 is 28.6 Å². The number of Topliss-reactive ketones (excluding diaryl/α,β-unsaturated/α-hetero) is 1. The first-order valence-electron chi connectivity index (χ1n) is 12.1. The zero-order valence-corrected chi connectivity index (χ0v) is 21.8. The number of aliphatic hydroxyl groups excluding tert-OH is 1. The molecule has 2 heterocycles. The number of methoxy groups -OCH3 is 1. The van der Waals surface area contributed by atoms with E-state index in [0.717, 1.165) is 23.3 Å². The van der Waals surface area contributed by atoms with E-state index in [2.05, 4.69) is 4.98 Å². The Kier molecular flexibility index (Phi) is 6.86. The SMILES string of the molecule is CCCOc1ccc(C2/C(=C(\O)c3ccc(C)cc3)C(=O)C(=O)N2c2nc3ccc(F)cc3s2)cc1OC. The Hall–Kier alpha value is -4.24. The molecule has 1 unspecified atom stereocenters. The molecule has 194 valence electrons. The predicted molar refractivity (Wildman–Crippen MR) is 144 cm³/mol. The Balaban J connectivity index is 1.71. The Morgan fingerprint density at radius 2 is 1.84 bits per heavy atom. The smallest absolute Gasteiger partial charge is 0.301 e. The molecule has 3 aromatic carbocycles. The van der Waals surface area contributed by atoms with E-state index in [1.54, 1.807) is 30.3 Å². The van der Waals surface area contributed by atoms with E-state index in [1.165, 1.54) is 30.2 Å². The second-order valence-corrected chi connectivity index (χ2v) is 9.91. The monoisotopic (exact) mass is 532 g/mol. The van der Waals surface area contributed by atoms with Crippen LogP contribution in [0.1, 0.15) is 36.1 Å².